The lowest BCUT2D eigenvalue weighted by Gasteiger charge is -2.20. The Morgan fingerprint density at radius 1 is 1.47 bits per heavy atom. The molecule has 2 nitrogen and oxygen atoms in total. The SMILES string of the molecule is C=C(C(C)C)[C@H](CCSC)CC(=O)OC. The lowest BCUT2D eigenvalue weighted by atomic mass is 9.87. The minimum atomic E-state index is -0.136. The van der Waals surface area contributed by atoms with Gasteiger partial charge in [-0.3, -0.25) is 4.79 Å². The van der Waals surface area contributed by atoms with Gasteiger partial charge in [-0.1, -0.05) is 26.0 Å². The summed E-state index contributed by atoms with van der Waals surface area (Å²) in [5.74, 6) is 1.63. The Labute approximate surface area is 97.5 Å². The molecule has 0 amide bonds. The number of methoxy groups -OCH3 is 1. The zero-order valence-electron chi connectivity index (χ0n) is 10.2. The smallest absolute Gasteiger partial charge is 0.306 e. The zero-order valence-corrected chi connectivity index (χ0v) is 11.0. The van der Waals surface area contributed by atoms with Gasteiger partial charge in [0, 0.05) is 0 Å². The number of hydrogen-bond donors (Lipinski definition) is 0. The van der Waals surface area contributed by atoms with Crippen LogP contribution in [0.1, 0.15) is 26.7 Å². The summed E-state index contributed by atoms with van der Waals surface area (Å²) in [5, 5.41) is 0. The van der Waals surface area contributed by atoms with E-state index >= 15 is 0 Å². The van der Waals surface area contributed by atoms with Crippen molar-refractivity contribution in [3.63, 3.8) is 0 Å². The molecule has 0 N–H and O–H groups in total. The van der Waals surface area contributed by atoms with Gasteiger partial charge in [0.2, 0.25) is 0 Å². The first-order valence-electron chi connectivity index (χ1n) is 5.27. The lowest BCUT2D eigenvalue weighted by Crippen LogP contribution is -2.15. The molecule has 88 valence electrons. The first kappa shape index (κ1) is 14.6. The van der Waals surface area contributed by atoms with E-state index in [1.807, 2.05) is 0 Å². The van der Waals surface area contributed by atoms with E-state index in [4.69, 9.17) is 4.74 Å². The molecule has 3 heteroatoms. The van der Waals surface area contributed by atoms with Crippen molar-refractivity contribution in [2.24, 2.45) is 11.8 Å². The van der Waals surface area contributed by atoms with Crippen LogP contribution in [0.15, 0.2) is 12.2 Å². The van der Waals surface area contributed by atoms with Crippen molar-refractivity contribution >= 4 is 17.7 Å². The Morgan fingerprint density at radius 2 is 2.07 bits per heavy atom. The van der Waals surface area contributed by atoms with E-state index in [1.165, 1.54) is 7.11 Å². The summed E-state index contributed by atoms with van der Waals surface area (Å²) in [6.45, 7) is 8.31. The Hall–Kier alpha value is -0.440. The van der Waals surface area contributed by atoms with Crippen molar-refractivity contribution in [1.29, 1.82) is 0 Å². The van der Waals surface area contributed by atoms with Gasteiger partial charge in [-0.25, -0.2) is 0 Å². The Balaban J connectivity index is 4.29. The molecule has 0 aliphatic heterocycles. The molecule has 0 aliphatic carbocycles. The van der Waals surface area contributed by atoms with Gasteiger partial charge >= 0.3 is 5.97 Å². The summed E-state index contributed by atoms with van der Waals surface area (Å²) in [5.41, 5.74) is 1.16. The summed E-state index contributed by atoms with van der Waals surface area (Å²) < 4.78 is 4.70. The molecule has 0 saturated carbocycles. The quantitative estimate of drug-likeness (QED) is 0.496. The van der Waals surface area contributed by atoms with Gasteiger partial charge in [0.25, 0.3) is 0 Å². The monoisotopic (exact) mass is 230 g/mol. The molecule has 0 unspecified atom stereocenters. The molecule has 0 heterocycles. The Kier molecular flexibility index (Phi) is 7.57. The van der Waals surface area contributed by atoms with E-state index in [1.54, 1.807) is 11.8 Å². The van der Waals surface area contributed by atoms with E-state index < -0.39 is 0 Å². The third kappa shape index (κ3) is 5.88. The third-order valence-electron chi connectivity index (χ3n) is 2.58. The lowest BCUT2D eigenvalue weighted by molar-refractivity contribution is -0.141. The van der Waals surface area contributed by atoms with Crippen molar-refractivity contribution in [2.75, 3.05) is 19.1 Å². The molecule has 0 bridgehead atoms. The third-order valence-corrected chi connectivity index (χ3v) is 3.22. The van der Waals surface area contributed by atoms with Crippen molar-refractivity contribution in [3.8, 4) is 0 Å². The average Bonchev–Trinajstić information content (AvgIpc) is 2.22. The van der Waals surface area contributed by atoms with Crippen LogP contribution in [0.5, 0.6) is 0 Å². The number of allylic oxidation sites excluding steroid dienone is 1. The second kappa shape index (κ2) is 7.80. The summed E-state index contributed by atoms with van der Waals surface area (Å²) in [6, 6.07) is 0. The largest absolute Gasteiger partial charge is 0.469 e. The van der Waals surface area contributed by atoms with Crippen molar-refractivity contribution in [3.05, 3.63) is 12.2 Å². The second-order valence-electron chi connectivity index (χ2n) is 3.99. The van der Waals surface area contributed by atoms with Crippen molar-refractivity contribution in [1.82, 2.24) is 0 Å². The standard InChI is InChI=1S/C12H22O2S/c1-9(2)10(3)11(6-7-15-5)8-12(13)14-4/h9,11H,3,6-8H2,1-2,4-5H3/t11-/m1/s1. The topological polar surface area (TPSA) is 26.3 Å². The Bertz CT molecular complexity index is 212. The van der Waals surface area contributed by atoms with Crippen LogP contribution in [0.4, 0.5) is 0 Å². The highest BCUT2D eigenvalue weighted by Gasteiger charge is 2.18. The van der Waals surface area contributed by atoms with Crippen molar-refractivity contribution in [2.45, 2.75) is 26.7 Å². The van der Waals surface area contributed by atoms with E-state index in [9.17, 15) is 4.79 Å². The van der Waals surface area contributed by atoms with Crippen LogP contribution < -0.4 is 0 Å². The van der Waals surface area contributed by atoms with Crippen LogP contribution in [0.2, 0.25) is 0 Å². The number of esters is 1. The van der Waals surface area contributed by atoms with Gasteiger partial charge in [0.1, 0.15) is 0 Å². The van der Waals surface area contributed by atoms with Gasteiger partial charge in [-0.05, 0) is 30.3 Å². The molecule has 0 radical (unpaired) electrons. The maximum Gasteiger partial charge on any atom is 0.306 e. The van der Waals surface area contributed by atoms with Crippen LogP contribution in [-0.4, -0.2) is 25.1 Å². The molecular weight excluding hydrogens is 208 g/mol. The molecule has 0 aromatic rings. The zero-order chi connectivity index (χ0) is 11.8. The maximum atomic E-state index is 11.2. The molecule has 0 fully saturated rings. The number of hydrogen-bond acceptors (Lipinski definition) is 3. The predicted octanol–water partition coefficient (Wildman–Crippen LogP) is 3.13. The minimum absolute atomic E-state index is 0.136. The summed E-state index contributed by atoms with van der Waals surface area (Å²) in [6.07, 6.45) is 3.55. The Morgan fingerprint density at radius 3 is 2.47 bits per heavy atom. The molecule has 0 spiro atoms. The van der Waals surface area contributed by atoms with Crippen molar-refractivity contribution < 1.29 is 9.53 Å². The molecule has 15 heavy (non-hydrogen) atoms. The average molecular weight is 230 g/mol. The van der Waals surface area contributed by atoms with Gasteiger partial charge < -0.3 is 4.74 Å². The summed E-state index contributed by atoms with van der Waals surface area (Å²) in [4.78, 5) is 11.2. The van der Waals surface area contributed by atoms with Gasteiger partial charge in [-0.2, -0.15) is 11.8 Å². The van der Waals surface area contributed by atoms with Gasteiger partial charge in [0.15, 0.2) is 0 Å². The van der Waals surface area contributed by atoms with E-state index in [-0.39, 0.29) is 11.9 Å². The molecule has 0 saturated heterocycles. The fraction of sp³-hybridized carbons (Fsp3) is 0.750. The highest BCUT2D eigenvalue weighted by Crippen LogP contribution is 2.25. The van der Waals surface area contributed by atoms with E-state index in [2.05, 4.69) is 26.7 Å². The highest BCUT2D eigenvalue weighted by molar-refractivity contribution is 7.98. The fourth-order valence-corrected chi connectivity index (χ4v) is 1.95. The molecule has 0 aliphatic rings. The fourth-order valence-electron chi connectivity index (χ4n) is 1.43. The molecule has 1 atom stereocenters. The molecular formula is C12H22O2S. The second-order valence-corrected chi connectivity index (χ2v) is 4.97. The van der Waals surface area contributed by atoms with Crippen LogP contribution >= 0.6 is 11.8 Å². The predicted molar refractivity (Wildman–Crippen MR) is 67.1 cm³/mol. The first-order chi connectivity index (χ1) is 7.02. The molecule has 0 rings (SSSR count). The van der Waals surface area contributed by atoms with Crippen LogP contribution in [-0.2, 0) is 9.53 Å². The number of carbonyl (C=O) groups is 1. The van der Waals surface area contributed by atoms with Gasteiger partial charge in [-0.15, -0.1) is 0 Å². The van der Waals surface area contributed by atoms with E-state index in [0.29, 0.717) is 12.3 Å². The van der Waals surface area contributed by atoms with Crippen LogP contribution in [0.25, 0.3) is 0 Å². The number of carbonyl (C=O) groups excluding carboxylic acids is 1. The molecule has 0 aromatic carbocycles. The highest BCUT2D eigenvalue weighted by atomic mass is 32.2. The van der Waals surface area contributed by atoms with Crippen LogP contribution in [0.3, 0.4) is 0 Å². The number of thioether (sulfide) groups is 1. The first-order valence-corrected chi connectivity index (χ1v) is 6.66. The van der Waals surface area contributed by atoms with E-state index in [0.717, 1.165) is 17.7 Å². The normalized spacial score (nSPS) is 12.6. The summed E-state index contributed by atoms with van der Waals surface area (Å²) in [7, 11) is 1.44. The van der Waals surface area contributed by atoms with Gasteiger partial charge in [0.05, 0.1) is 13.5 Å². The number of rotatable bonds is 7. The maximum absolute atomic E-state index is 11.2. The summed E-state index contributed by atoms with van der Waals surface area (Å²) >= 11 is 1.80. The van der Waals surface area contributed by atoms with Crippen LogP contribution in [0, 0.1) is 11.8 Å². The number of ether oxygens (including phenoxy) is 1. The molecule has 0 aromatic heterocycles. The minimum Gasteiger partial charge on any atom is -0.469 e.